The Kier molecular flexibility index (Phi) is 2.74. The van der Waals surface area contributed by atoms with E-state index in [1.165, 1.54) is 31.7 Å². The average molecular weight is 243 g/mol. The maximum atomic E-state index is 12.5. The second-order valence-corrected chi connectivity index (χ2v) is 3.22. The number of alkyl halides is 3. The molecule has 0 radical (unpaired) electrons. The Hall–Kier alpha value is -2.05. The van der Waals surface area contributed by atoms with Gasteiger partial charge in [-0.25, -0.2) is 9.97 Å². The molecule has 0 aromatic carbocycles. The lowest BCUT2D eigenvalue weighted by molar-refractivity contribution is -0.144. The number of aromatic nitrogens is 2. The van der Waals surface area contributed by atoms with Crippen LogP contribution < -0.4 is 5.32 Å². The third kappa shape index (κ3) is 2.38. The van der Waals surface area contributed by atoms with E-state index >= 15 is 0 Å². The van der Waals surface area contributed by atoms with Gasteiger partial charge in [0.2, 0.25) is 5.82 Å². The molecule has 0 spiro atoms. The first-order valence-electron chi connectivity index (χ1n) is 4.67. The van der Waals surface area contributed by atoms with E-state index in [0.717, 1.165) is 0 Å². The van der Waals surface area contributed by atoms with Gasteiger partial charge in [-0.3, -0.25) is 0 Å². The molecule has 0 saturated carbocycles. The molecule has 4 nitrogen and oxygen atoms in total. The summed E-state index contributed by atoms with van der Waals surface area (Å²) in [4.78, 5) is 6.81. The Bertz CT molecular complexity index is 508. The lowest BCUT2D eigenvalue weighted by atomic mass is 10.2. The number of nitrogens with one attached hydrogen (secondary N) is 1. The van der Waals surface area contributed by atoms with Crippen molar-refractivity contribution in [1.29, 1.82) is 0 Å². The lowest BCUT2D eigenvalue weighted by Gasteiger charge is -2.08. The molecule has 2 aromatic heterocycles. The third-order valence-corrected chi connectivity index (χ3v) is 2.05. The smallest absolute Gasteiger partial charge is 0.451 e. The zero-order chi connectivity index (χ0) is 12.5. The number of anilines is 1. The van der Waals surface area contributed by atoms with Crippen LogP contribution in [-0.2, 0) is 6.18 Å². The third-order valence-electron chi connectivity index (χ3n) is 2.05. The highest BCUT2D eigenvalue weighted by molar-refractivity contribution is 5.61. The predicted molar refractivity (Wildman–Crippen MR) is 54.3 cm³/mol. The number of rotatable bonds is 2. The number of hydrogen-bond acceptors (Lipinski definition) is 4. The second kappa shape index (κ2) is 4.08. The van der Waals surface area contributed by atoms with E-state index in [0.29, 0.717) is 5.56 Å². The minimum Gasteiger partial charge on any atom is -0.472 e. The largest absolute Gasteiger partial charge is 0.472 e. The van der Waals surface area contributed by atoms with E-state index in [9.17, 15) is 13.2 Å². The topological polar surface area (TPSA) is 51.0 Å². The number of hydrogen-bond donors (Lipinski definition) is 1. The summed E-state index contributed by atoms with van der Waals surface area (Å²) in [5.74, 6) is -1.08. The van der Waals surface area contributed by atoms with Gasteiger partial charge in [0.05, 0.1) is 18.2 Å². The van der Waals surface area contributed by atoms with Gasteiger partial charge in [0.1, 0.15) is 5.82 Å². The van der Waals surface area contributed by atoms with E-state index < -0.39 is 12.0 Å². The van der Waals surface area contributed by atoms with Crippen molar-refractivity contribution < 1.29 is 17.6 Å². The molecule has 0 aliphatic rings. The number of nitrogens with zero attached hydrogens (tertiary/aromatic N) is 2. The van der Waals surface area contributed by atoms with Crippen molar-refractivity contribution in [2.24, 2.45) is 0 Å². The van der Waals surface area contributed by atoms with Crippen LogP contribution in [0.4, 0.5) is 19.0 Å². The molecule has 0 unspecified atom stereocenters. The van der Waals surface area contributed by atoms with Gasteiger partial charge < -0.3 is 9.73 Å². The molecule has 17 heavy (non-hydrogen) atoms. The highest BCUT2D eigenvalue weighted by atomic mass is 19.4. The van der Waals surface area contributed by atoms with Crippen molar-refractivity contribution in [3.8, 4) is 11.3 Å². The summed E-state index contributed by atoms with van der Waals surface area (Å²) >= 11 is 0. The molecule has 0 amide bonds. The quantitative estimate of drug-likeness (QED) is 0.881. The average Bonchev–Trinajstić information content (AvgIpc) is 2.80. The molecule has 7 heteroatoms. The summed E-state index contributed by atoms with van der Waals surface area (Å²) in [6, 6.07) is 2.95. The van der Waals surface area contributed by atoms with Gasteiger partial charge in [-0.1, -0.05) is 0 Å². The van der Waals surface area contributed by atoms with Crippen LogP contribution in [0.25, 0.3) is 11.3 Å². The Morgan fingerprint density at radius 2 is 2.06 bits per heavy atom. The monoisotopic (exact) mass is 243 g/mol. The fraction of sp³-hybridized carbons (Fsp3) is 0.200. The lowest BCUT2D eigenvalue weighted by Crippen LogP contribution is -2.12. The zero-order valence-corrected chi connectivity index (χ0v) is 8.75. The molecule has 2 heterocycles. The number of halogens is 3. The van der Waals surface area contributed by atoms with Crippen molar-refractivity contribution in [2.45, 2.75) is 6.18 Å². The minimum absolute atomic E-state index is 0.100. The standard InChI is InChI=1S/C10H8F3N3O/c1-14-8-4-7(6-2-3-17-5-6)15-9(16-8)10(11,12)13/h2-5H,1H3,(H,14,15,16). The molecule has 0 bridgehead atoms. The molecule has 90 valence electrons. The van der Waals surface area contributed by atoms with Crippen molar-refractivity contribution in [3.63, 3.8) is 0 Å². The first-order valence-corrected chi connectivity index (χ1v) is 4.67. The maximum Gasteiger partial charge on any atom is 0.451 e. The molecule has 2 aromatic rings. The summed E-state index contributed by atoms with van der Waals surface area (Å²) in [6.45, 7) is 0. The van der Waals surface area contributed by atoms with Gasteiger partial charge >= 0.3 is 6.18 Å². The van der Waals surface area contributed by atoms with Crippen LogP contribution in [0.3, 0.4) is 0 Å². The Morgan fingerprint density at radius 3 is 2.59 bits per heavy atom. The van der Waals surface area contributed by atoms with Crippen LogP contribution in [0.1, 0.15) is 5.82 Å². The van der Waals surface area contributed by atoms with Crippen LogP contribution in [0.5, 0.6) is 0 Å². The van der Waals surface area contributed by atoms with E-state index in [2.05, 4.69) is 15.3 Å². The molecule has 2 rings (SSSR count). The van der Waals surface area contributed by atoms with Crippen LogP contribution in [-0.4, -0.2) is 17.0 Å². The minimum atomic E-state index is -4.58. The van der Waals surface area contributed by atoms with Gasteiger partial charge in [-0.2, -0.15) is 13.2 Å². The van der Waals surface area contributed by atoms with E-state index in [1.54, 1.807) is 0 Å². The van der Waals surface area contributed by atoms with E-state index in [-0.39, 0.29) is 11.5 Å². The van der Waals surface area contributed by atoms with Gasteiger partial charge in [0.25, 0.3) is 0 Å². The summed E-state index contributed by atoms with van der Waals surface area (Å²) in [7, 11) is 1.49. The van der Waals surface area contributed by atoms with Gasteiger partial charge in [-0.15, -0.1) is 0 Å². The molecule has 0 fully saturated rings. The van der Waals surface area contributed by atoms with Crippen LogP contribution >= 0.6 is 0 Å². The molecular formula is C10H8F3N3O. The Morgan fingerprint density at radius 1 is 1.29 bits per heavy atom. The normalized spacial score (nSPS) is 11.5. The first-order chi connectivity index (χ1) is 8.00. The molecule has 0 aliphatic heterocycles. The maximum absolute atomic E-state index is 12.5. The SMILES string of the molecule is CNc1cc(-c2ccoc2)nc(C(F)(F)F)n1. The van der Waals surface area contributed by atoms with Crippen LogP contribution in [0.2, 0.25) is 0 Å². The highest BCUT2D eigenvalue weighted by Crippen LogP contribution is 2.29. The second-order valence-electron chi connectivity index (χ2n) is 3.22. The van der Waals surface area contributed by atoms with Gasteiger partial charge in [0, 0.05) is 18.7 Å². The van der Waals surface area contributed by atoms with Crippen molar-refractivity contribution in [2.75, 3.05) is 12.4 Å². The molecule has 0 atom stereocenters. The fourth-order valence-corrected chi connectivity index (χ4v) is 1.26. The predicted octanol–water partition coefficient (Wildman–Crippen LogP) is 2.80. The Labute approximate surface area is 94.5 Å². The molecule has 0 aliphatic carbocycles. The highest BCUT2D eigenvalue weighted by Gasteiger charge is 2.35. The summed E-state index contributed by atoms with van der Waals surface area (Å²) < 4.78 is 42.5. The summed E-state index contributed by atoms with van der Waals surface area (Å²) in [6.07, 6.45) is -1.89. The van der Waals surface area contributed by atoms with Crippen molar-refractivity contribution in [1.82, 2.24) is 9.97 Å². The Balaban J connectivity index is 2.54. The van der Waals surface area contributed by atoms with E-state index in [1.807, 2.05) is 0 Å². The van der Waals surface area contributed by atoms with Crippen LogP contribution in [0, 0.1) is 0 Å². The number of furan rings is 1. The van der Waals surface area contributed by atoms with Gasteiger partial charge in [0.15, 0.2) is 0 Å². The van der Waals surface area contributed by atoms with E-state index in [4.69, 9.17) is 4.42 Å². The van der Waals surface area contributed by atoms with Gasteiger partial charge in [-0.05, 0) is 6.07 Å². The fourth-order valence-electron chi connectivity index (χ4n) is 1.26. The zero-order valence-electron chi connectivity index (χ0n) is 8.75. The summed E-state index contributed by atoms with van der Waals surface area (Å²) in [5.41, 5.74) is 0.625. The van der Waals surface area contributed by atoms with Crippen molar-refractivity contribution >= 4 is 5.82 Å². The van der Waals surface area contributed by atoms with Crippen LogP contribution in [0.15, 0.2) is 29.1 Å². The van der Waals surface area contributed by atoms with Crippen molar-refractivity contribution in [3.05, 3.63) is 30.5 Å². The molecule has 1 N–H and O–H groups in total. The summed E-state index contributed by atoms with van der Waals surface area (Å²) in [5, 5.41) is 2.56. The first kappa shape index (κ1) is 11.4. The molecular weight excluding hydrogens is 235 g/mol. The molecule has 0 saturated heterocycles.